The lowest BCUT2D eigenvalue weighted by molar-refractivity contribution is -0.385. The first-order valence-electron chi connectivity index (χ1n) is 5.68. The van der Waals surface area contributed by atoms with Crippen LogP contribution in [0.5, 0.6) is 0 Å². The Balaban J connectivity index is 3.14. The van der Waals surface area contributed by atoms with E-state index in [0.29, 0.717) is 24.3 Å². The van der Waals surface area contributed by atoms with Crippen molar-refractivity contribution in [1.29, 1.82) is 0 Å². The molecule has 0 aliphatic rings. The molecule has 14 heteroatoms. The molecule has 2 rings (SSSR count). The van der Waals surface area contributed by atoms with Crippen LogP contribution in [0.1, 0.15) is 0 Å². The lowest BCUT2D eigenvalue weighted by Crippen LogP contribution is -2.04. The average Bonchev–Trinajstić information content (AvgIpc) is 2.42. The minimum atomic E-state index is -4.93. The van der Waals surface area contributed by atoms with Gasteiger partial charge in [-0.25, -0.2) is 0 Å². The van der Waals surface area contributed by atoms with Crippen molar-refractivity contribution < 1.29 is 35.8 Å². The van der Waals surface area contributed by atoms with E-state index in [-0.39, 0.29) is 0 Å². The van der Waals surface area contributed by atoms with E-state index in [1.54, 1.807) is 0 Å². The summed E-state index contributed by atoms with van der Waals surface area (Å²) in [6.07, 6.45) is 0. The van der Waals surface area contributed by atoms with E-state index in [0.717, 1.165) is 0 Å². The molecular formula is C10H6N2O10S2. The monoisotopic (exact) mass is 378 g/mol. The lowest BCUT2D eigenvalue weighted by atomic mass is 10.1. The quantitative estimate of drug-likeness (QED) is 0.442. The van der Waals surface area contributed by atoms with E-state index in [1.165, 1.54) is 0 Å². The van der Waals surface area contributed by atoms with Gasteiger partial charge in [-0.2, -0.15) is 16.8 Å². The highest BCUT2D eigenvalue weighted by molar-refractivity contribution is 7.86. The summed E-state index contributed by atoms with van der Waals surface area (Å²) in [6, 6.07) is 2.00. The first-order valence-corrected chi connectivity index (χ1v) is 8.56. The van der Waals surface area contributed by atoms with Gasteiger partial charge < -0.3 is 0 Å². The number of hydrogen-bond donors (Lipinski definition) is 2. The summed E-state index contributed by atoms with van der Waals surface area (Å²) < 4.78 is 62.8. The number of nitro groups is 2. The third-order valence-electron chi connectivity index (χ3n) is 2.96. The summed E-state index contributed by atoms with van der Waals surface area (Å²) in [6.45, 7) is 0. The molecule has 2 aromatic carbocycles. The zero-order chi connectivity index (χ0) is 18.4. The number of rotatable bonds is 4. The molecule has 0 fully saturated rings. The summed E-state index contributed by atoms with van der Waals surface area (Å²) in [5, 5.41) is 21.0. The second-order valence-electron chi connectivity index (χ2n) is 4.44. The Morgan fingerprint density at radius 3 is 1.21 bits per heavy atom. The first-order chi connectivity index (χ1) is 10.8. The summed E-state index contributed by atoms with van der Waals surface area (Å²) >= 11 is 0. The normalized spacial score (nSPS) is 12.2. The van der Waals surface area contributed by atoms with Crippen LogP contribution in [0.4, 0.5) is 11.4 Å². The van der Waals surface area contributed by atoms with Crippen LogP contribution in [0.3, 0.4) is 0 Å². The van der Waals surface area contributed by atoms with Crippen LogP contribution < -0.4 is 0 Å². The van der Waals surface area contributed by atoms with E-state index in [2.05, 4.69) is 0 Å². The van der Waals surface area contributed by atoms with Gasteiger partial charge in [-0.1, -0.05) is 0 Å². The minimum Gasteiger partial charge on any atom is -0.282 e. The molecule has 0 bridgehead atoms. The Hall–Kier alpha value is -2.68. The van der Waals surface area contributed by atoms with Gasteiger partial charge in [0.2, 0.25) is 0 Å². The number of hydrogen-bond acceptors (Lipinski definition) is 8. The summed E-state index contributed by atoms with van der Waals surface area (Å²) in [7, 11) is -9.85. The second kappa shape index (κ2) is 5.45. The number of fused-ring (bicyclic) bond motifs is 1. The van der Waals surface area contributed by atoms with Crippen molar-refractivity contribution in [3.8, 4) is 0 Å². The van der Waals surface area contributed by atoms with Crippen molar-refractivity contribution in [3.05, 3.63) is 44.5 Å². The zero-order valence-electron chi connectivity index (χ0n) is 11.2. The topological polar surface area (TPSA) is 195 Å². The van der Waals surface area contributed by atoms with Gasteiger partial charge in [0, 0.05) is 12.1 Å². The fraction of sp³-hybridized carbons (Fsp3) is 0. The summed E-state index contributed by atoms with van der Waals surface area (Å²) in [5.74, 6) is 0. The summed E-state index contributed by atoms with van der Waals surface area (Å²) in [4.78, 5) is 18.0. The Morgan fingerprint density at radius 2 is 1.00 bits per heavy atom. The number of benzene rings is 2. The molecule has 0 saturated carbocycles. The smallest absolute Gasteiger partial charge is 0.282 e. The van der Waals surface area contributed by atoms with Crippen LogP contribution in [0.25, 0.3) is 10.8 Å². The molecule has 0 spiro atoms. The van der Waals surface area contributed by atoms with Gasteiger partial charge >= 0.3 is 0 Å². The molecule has 0 saturated heterocycles. The average molecular weight is 378 g/mol. The third-order valence-corrected chi connectivity index (χ3v) is 4.63. The molecule has 0 aliphatic carbocycles. The van der Waals surface area contributed by atoms with Crippen molar-refractivity contribution in [3.63, 3.8) is 0 Å². The van der Waals surface area contributed by atoms with Crippen LogP contribution in [0, 0.1) is 20.2 Å². The molecule has 0 unspecified atom stereocenters. The molecule has 128 valence electrons. The Kier molecular flexibility index (Phi) is 4.01. The van der Waals surface area contributed by atoms with Gasteiger partial charge in [0.05, 0.1) is 20.6 Å². The molecule has 0 radical (unpaired) electrons. The predicted molar refractivity (Wildman–Crippen MR) is 76.9 cm³/mol. The molecule has 0 amide bonds. The van der Waals surface area contributed by atoms with Crippen LogP contribution in [-0.4, -0.2) is 35.8 Å². The van der Waals surface area contributed by atoms with Crippen molar-refractivity contribution in [1.82, 2.24) is 0 Å². The first kappa shape index (κ1) is 17.7. The highest BCUT2D eigenvalue weighted by Crippen LogP contribution is 2.37. The molecule has 0 atom stereocenters. The van der Waals surface area contributed by atoms with Gasteiger partial charge in [0.15, 0.2) is 0 Å². The SMILES string of the molecule is O=[N+]([O-])c1cc(S(=O)(=O)O)cc2c([N+](=O)[O-])cc(S(=O)(=O)O)cc12. The number of non-ortho nitro benzene ring substituents is 2. The molecular weight excluding hydrogens is 372 g/mol. The Bertz CT molecular complexity index is 1010. The van der Waals surface area contributed by atoms with Gasteiger partial charge in [-0.15, -0.1) is 0 Å². The van der Waals surface area contributed by atoms with Crippen LogP contribution >= 0.6 is 0 Å². The molecule has 2 N–H and O–H groups in total. The fourth-order valence-electron chi connectivity index (χ4n) is 1.97. The van der Waals surface area contributed by atoms with E-state index in [4.69, 9.17) is 9.11 Å². The van der Waals surface area contributed by atoms with E-state index in [9.17, 15) is 37.1 Å². The maximum Gasteiger partial charge on any atom is 0.294 e. The Morgan fingerprint density at radius 1 is 0.708 bits per heavy atom. The van der Waals surface area contributed by atoms with Crippen molar-refractivity contribution in [2.45, 2.75) is 9.79 Å². The molecule has 2 aromatic rings. The maximum atomic E-state index is 11.2. The second-order valence-corrected chi connectivity index (χ2v) is 7.29. The zero-order valence-corrected chi connectivity index (χ0v) is 12.8. The molecule has 0 aliphatic heterocycles. The largest absolute Gasteiger partial charge is 0.294 e. The van der Waals surface area contributed by atoms with Gasteiger partial charge in [0.1, 0.15) is 9.79 Å². The van der Waals surface area contributed by atoms with Crippen LogP contribution in [-0.2, 0) is 20.2 Å². The van der Waals surface area contributed by atoms with Crippen molar-refractivity contribution in [2.24, 2.45) is 0 Å². The number of nitrogens with zero attached hydrogens (tertiary/aromatic N) is 2. The predicted octanol–water partition coefficient (Wildman–Crippen LogP) is 1.15. The van der Waals surface area contributed by atoms with Crippen molar-refractivity contribution >= 4 is 42.4 Å². The van der Waals surface area contributed by atoms with Gasteiger partial charge in [0.25, 0.3) is 31.6 Å². The fourth-order valence-corrected chi connectivity index (χ4v) is 3.03. The maximum absolute atomic E-state index is 11.2. The van der Waals surface area contributed by atoms with E-state index >= 15 is 0 Å². The van der Waals surface area contributed by atoms with Crippen LogP contribution in [0.2, 0.25) is 0 Å². The van der Waals surface area contributed by atoms with Crippen molar-refractivity contribution in [2.75, 3.05) is 0 Å². The van der Waals surface area contributed by atoms with Gasteiger partial charge in [-0.3, -0.25) is 29.3 Å². The van der Waals surface area contributed by atoms with Gasteiger partial charge in [-0.05, 0) is 12.1 Å². The highest BCUT2D eigenvalue weighted by atomic mass is 32.2. The lowest BCUT2D eigenvalue weighted by Gasteiger charge is -2.06. The van der Waals surface area contributed by atoms with E-state index in [1.807, 2.05) is 0 Å². The van der Waals surface area contributed by atoms with E-state index < -0.39 is 62.0 Å². The highest BCUT2D eigenvalue weighted by Gasteiger charge is 2.27. The number of nitro benzene ring substituents is 2. The molecule has 0 aromatic heterocycles. The minimum absolute atomic E-state index is 0.412. The summed E-state index contributed by atoms with van der Waals surface area (Å²) in [5.41, 5.74) is -2.01. The Labute approximate surface area is 133 Å². The standard InChI is InChI=1S/C10H6N2O10S2/c13-11(14)9-4-6(24(20,21)22)2-8-7(9)1-5(23(17,18)19)3-10(8)12(15)16/h1-4H,(H,17,18,19)(H,20,21,22). The van der Waals surface area contributed by atoms with Crippen LogP contribution in [0.15, 0.2) is 34.1 Å². The third kappa shape index (κ3) is 3.16. The molecule has 12 nitrogen and oxygen atoms in total. The molecule has 24 heavy (non-hydrogen) atoms. The molecule has 0 heterocycles.